The Morgan fingerprint density at radius 1 is 1.40 bits per heavy atom. The van der Waals surface area contributed by atoms with E-state index in [1.165, 1.54) is 0 Å². The van der Waals surface area contributed by atoms with E-state index in [-0.39, 0.29) is 0 Å². The number of nitrogens with one attached hydrogen (secondary N) is 1. The summed E-state index contributed by atoms with van der Waals surface area (Å²) < 4.78 is 5.13. The molecule has 0 radical (unpaired) electrons. The van der Waals surface area contributed by atoms with Gasteiger partial charge >= 0.3 is 0 Å². The molecule has 0 aromatic heterocycles. The maximum absolute atomic E-state index is 5.92. The molecule has 1 aromatic carbocycles. The van der Waals surface area contributed by atoms with Gasteiger partial charge in [0.05, 0.1) is 12.1 Å². The van der Waals surface area contributed by atoms with Crippen molar-refractivity contribution in [1.82, 2.24) is 4.90 Å². The molecule has 0 saturated heterocycles. The average Bonchev–Trinajstić information content (AvgIpc) is 2.20. The lowest BCUT2D eigenvalue weighted by molar-refractivity contribution is 0.415. The zero-order valence-corrected chi connectivity index (χ0v) is 10.1. The Morgan fingerprint density at radius 2 is 2.13 bits per heavy atom. The summed E-state index contributed by atoms with van der Waals surface area (Å²) in [6.07, 6.45) is 0. The quantitative estimate of drug-likeness (QED) is 0.837. The molecular formula is C11H17ClN2O. The smallest absolute Gasteiger partial charge is 0.139 e. The average molecular weight is 229 g/mol. The van der Waals surface area contributed by atoms with Gasteiger partial charge in [0.15, 0.2) is 0 Å². The third-order valence-electron chi connectivity index (χ3n) is 2.04. The van der Waals surface area contributed by atoms with Crippen molar-refractivity contribution < 1.29 is 4.74 Å². The molecule has 0 heterocycles. The Balaban J connectivity index is 2.54. The van der Waals surface area contributed by atoms with E-state index in [0.717, 1.165) is 18.8 Å². The Hall–Kier alpha value is -0.930. The molecule has 0 saturated carbocycles. The predicted molar refractivity (Wildman–Crippen MR) is 65.0 cm³/mol. The highest BCUT2D eigenvalue weighted by Crippen LogP contribution is 2.27. The zero-order valence-electron chi connectivity index (χ0n) is 9.38. The van der Waals surface area contributed by atoms with Crippen LogP contribution in [0.5, 0.6) is 5.75 Å². The van der Waals surface area contributed by atoms with Gasteiger partial charge in [-0.15, -0.1) is 0 Å². The standard InChI is InChI=1S/C11H17ClN2O/c1-14(2)7-6-13-9-4-5-10(12)11(8-9)15-3/h4-5,8,13H,6-7H2,1-3H3. The van der Waals surface area contributed by atoms with Crippen molar-refractivity contribution in [1.29, 1.82) is 0 Å². The van der Waals surface area contributed by atoms with Crippen molar-refractivity contribution in [3.05, 3.63) is 23.2 Å². The topological polar surface area (TPSA) is 24.5 Å². The van der Waals surface area contributed by atoms with Crippen molar-refractivity contribution in [2.24, 2.45) is 0 Å². The molecular weight excluding hydrogens is 212 g/mol. The lowest BCUT2D eigenvalue weighted by Crippen LogP contribution is -2.20. The molecule has 0 fully saturated rings. The molecule has 0 bridgehead atoms. The minimum Gasteiger partial charge on any atom is -0.495 e. The van der Waals surface area contributed by atoms with Crippen LogP contribution in [0.3, 0.4) is 0 Å². The molecule has 0 atom stereocenters. The van der Waals surface area contributed by atoms with Gasteiger partial charge in [0.1, 0.15) is 5.75 Å². The predicted octanol–water partition coefficient (Wildman–Crippen LogP) is 2.32. The zero-order chi connectivity index (χ0) is 11.3. The summed E-state index contributed by atoms with van der Waals surface area (Å²) in [5.41, 5.74) is 1.03. The number of hydrogen-bond acceptors (Lipinski definition) is 3. The van der Waals surface area contributed by atoms with Crippen molar-refractivity contribution in [2.75, 3.05) is 39.6 Å². The van der Waals surface area contributed by atoms with Crippen molar-refractivity contribution in [3.8, 4) is 5.75 Å². The molecule has 3 nitrogen and oxygen atoms in total. The van der Waals surface area contributed by atoms with E-state index in [9.17, 15) is 0 Å². The van der Waals surface area contributed by atoms with Gasteiger partial charge in [0, 0.05) is 24.8 Å². The van der Waals surface area contributed by atoms with Gasteiger partial charge in [-0.2, -0.15) is 0 Å². The van der Waals surface area contributed by atoms with Crippen LogP contribution in [0.15, 0.2) is 18.2 Å². The number of benzene rings is 1. The van der Waals surface area contributed by atoms with Crippen molar-refractivity contribution in [3.63, 3.8) is 0 Å². The van der Waals surface area contributed by atoms with Crippen LogP contribution in [0.2, 0.25) is 5.02 Å². The van der Waals surface area contributed by atoms with Crippen LogP contribution in [0.4, 0.5) is 5.69 Å². The number of likely N-dealkylation sites (N-methyl/N-ethyl adjacent to an activating group) is 1. The number of ether oxygens (including phenoxy) is 1. The Morgan fingerprint density at radius 3 is 2.73 bits per heavy atom. The fraction of sp³-hybridized carbons (Fsp3) is 0.455. The van der Waals surface area contributed by atoms with Crippen LogP contribution in [-0.2, 0) is 0 Å². The third-order valence-corrected chi connectivity index (χ3v) is 2.35. The number of anilines is 1. The van der Waals surface area contributed by atoms with Crippen LogP contribution in [0.1, 0.15) is 0 Å². The van der Waals surface area contributed by atoms with Gasteiger partial charge in [-0.05, 0) is 26.2 Å². The lowest BCUT2D eigenvalue weighted by atomic mass is 10.3. The Bertz CT molecular complexity index is 315. The Kier molecular flexibility index (Phi) is 4.72. The van der Waals surface area contributed by atoms with Crippen LogP contribution in [0.25, 0.3) is 0 Å². The monoisotopic (exact) mass is 228 g/mol. The SMILES string of the molecule is COc1cc(NCCN(C)C)ccc1Cl. The number of nitrogens with zero attached hydrogens (tertiary/aromatic N) is 1. The fourth-order valence-corrected chi connectivity index (χ4v) is 1.39. The molecule has 15 heavy (non-hydrogen) atoms. The first-order chi connectivity index (χ1) is 7.13. The molecule has 0 spiro atoms. The van der Waals surface area contributed by atoms with Gasteiger partial charge in [0.25, 0.3) is 0 Å². The third kappa shape index (κ3) is 3.98. The number of halogens is 1. The normalized spacial score (nSPS) is 10.5. The van der Waals surface area contributed by atoms with E-state index in [2.05, 4.69) is 10.2 Å². The van der Waals surface area contributed by atoms with Gasteiger partial charge in [0.2, 0.25) is 0 Å². The summed E-state index contributed by atoms with van der Waals surface area (Å²) >= 11 is 5.92. The van der Waals surface area contributed by atoms with Gasteiger partial charge in [-0.25, -0.2) is 0 Å². The fourth-order valence-electron chi connectivity index (χ4n) is 1.19. The molecule has 1 rings (SSSR count). The van der Waals surface area contributed by atoms with Gasteiger partial charge < -0.3 is 15.0 Å². The van der Waals surface area contributed by atoms with E-state index in [4.69, 9.17) is 16.3 Å². The van der Waals surface area contributed by atoms with E-state index < -0.39 is 0 Å². The van der Waals surface area contributed by atoms with Crippen molar-refractivity contribution in [2.45, 2.75) is 0 Å². The molecule has 0 amide bonds. The summed E-state index contributed by atoms with van der Waals surface area (Å²) in [6.45, 7) is 1.89. The van der Waals surface area contributed by atoms with Gasteiger partial charge in [-0.1, -0.05) is 11.6 Å². The molecule has 0 unspecified atom stereocenters. The maximum atomic E-state index is 5.92. The lowest BCUT2D eigenvalue weighted by Gasteiger charge is -2.12. The summed E-state index contributed by atoms with van der Waals surface area (Å²) in [5.74, 6) is 0.700. The molecule has 0 aliphatic carbocycles. The maximum Gasteiger partial charge on any atom is 0.139 e. The number of hydrogen-bond donors (Lipinski definition) is 1. The van der Waals surface area contributed by atoms with Crippen molar-refractivity contribution >= 4 is 17.3 Å². The molecule has 1 aromatic rings. The summed E-state index contributed by atoms with van der Waals surface area (Å²) in [5, 5.41) is 3.93. The molecule has 0 aliphatic heterocycles. The van der Waals surface area contributed by atoms with Crippen LogP contribution in [0, 0.1) is 0 Å². The summed E-state index contributed by atoms with van der Waals surface area (Å²) in [7, 11) is 5.71. The van der Waals surface area contributed by atoms with Gasteiger partial charge in [-0.3, -0.25) is 0 Å². The second-order valence-corrected chi connectivity index (χ2v) is 3.99. The molecule has 1 N–H and O–H groups in total. The van der Waals surface area contributed by atoms with Crippen LogP contribution < -0.4 is 10.1 Å². The second kappa shape index (κ2) is 5.83. The largest absolute Gasteiger partial charge is 0.495 e. The molecule has 4 heteroatoms. The van der Waals surface area contributed by atoms with E-state index in [0.29, 0.717) is 10.8 Å². The molecule has 0 aliphatic rings. The first kappa shape index (κ1) is 12.1. The van der Waals surface area contributed by atoms with Crippen LogP contribution >= 0.6 is 11.6 Å². The van der Waals surface area contributed by atoms with Crippen LogP contribution in [-0.4, -0.2) is 39.2 Å². The summed E-state index contributed by atoms with van der Waals surface area (Å²) in [6, 6.07) is 5.68. The minimum atomic E-state index is 0.635. The first-order valence-electron chi connectivity index (χ1n) is 4.85. The highest BCUT2D eigenvalue weighted by Gasteiger charge is 2.01. The Labute approximate surface area is 96.0 Å². The summed E-state index contributed by atoms with van der Waals surface area (Å²) in [4.78, 5) is 2.13. The van der Waals surface area contributed by atoms with E-state index in [1.54, 1.807) is 7.11 Å². The minimum absolute atomic E-state index is 0.635. The second-order valence-electron chi connectivity index (χ2n) is 3.58. The highest BCUT2D eigenvalue weighted by molar-refractivity contribution is 6.32. The first-order valence-corrected chi connectivity index (χ1v) is 5.23. The van der Waals surface area contributed by atoms with E-state index >= 15 is 0 Å². The van der Waals surface area contributed by atoms with E-state index in [1.807, 2.05) is 32.3 Å². The molecule has 84 valence electrons. The number of rotatable bonds is 5. The number of methoxy groups -OCH3 is 1. The highest BCUT2D eigenvalue weighted by atomic mass is 35.5.